The zero-order chi connectivity index (χ0) is 13.4. The number of amidine groups is 1. The van der Waals surface area contributed by atoms with Crippen molar-refractivity contribution in [1.82, 2.24) is 9.80 Å². The highest BCUT2D eigenvalue weighted by atomic mass is 15.3. The molecule has 1 heterocycles. The molecule has 4 nitrogen and oxygen atoms in total. The molecule has 0 saturated heterocycles. The van der Waals surface area contributed by atoms with Crippen LogP contribution >= 0.6 is 0 Å². The van der Waals surface area contributed by atoms with Crippen LogP contribution in [0.2, 0.25) is 0 Å². The van der Waals surface area contributed by atoms with E-state index in [9.17, 15) is 0 Å². The Morgan fingerprint density at radius 3 is 2.78 bits per heavy atom. The van der Waals surface area contributed by atoms with Crippen LogP contribution < -0.4 is 0 Å². The molecule has 0 aromatic heterocycles. The third-order valence-electron chi connectivity index (χ3n) is 2.69. The highest BCUT2D eigenvalue weighted by molar-refractivity contribution is 5.97. The molecular formula is C14H24N4. The minimum absolute atomic E-state index is 0.762. The summed E-state index contributed by atoms with van der Waals surface area (Å²) in [5.74, 6) is 1.86. The van der Waals surface area contributed by atoms with E-state index in [1.54, 1.807) is 0 Å². The molecule has 0 aromatic carbocycles. The summed E-state index contributed by atoms with van der Waals surface area (Å²) in [7, 11) is 3.93. The van der Waals surface area contributed by atoms with E-state index in [1.165, 1.54) is 0 Å². The summed E-state index contributed by atoms with van der Waals surface area (Å²) >= 11 is 0. The molecule has 0 fully saturated rings. The molecule has 0 atom stereocenters. The van der Waals surface area contributed by atoms with Gasteiger partial charge in [-0.05, 0) is 12.8 Å². The van der Waals surface area contributed by atoms with Crippen molar-refractivity contribution in [3.05, 3.63) is 24.9 Å². The van der Waals surface area contributed by atoms with Gasteiger partial charge in [0.05, 0.1) is 0 Å². The molecule has 0 bridgehead atoms. The summed E-state index contributed by atoms with van der Waals surface area (Å²) in [6.07, 6.45) is 8.80. The molecule has 1 rings (SSSR count). The fraction of sp³-hybridized carbons (Fsp3) is 0.571. The summed E-state index contributed by atoms with van der Waals surface area (Å²) in [5, 5.41) is 0. The molecule has 1 aliphatic heterocycles. The minimum Gasteiger partial charge on any atom is -0.359 e. The summed E-state index contributed by atoms with van der Waals surface area (Å²) in [6, 6.07) is 0. The first-order chi connectivity index (χ1) is 8.69. The molecule has 100 valence electrons. The molecular weight excluding hydrogens is 224 g/mol. The lowest BCUT2D eigenvalue weighted by Gasteiger charge is -2.25. The molecule has 0 amide bonds. The van der Waals surface area contributed by atoms with Crippen LogP contribution in [0.1, 0.15) is 26.2 Å². The first-order valence-electron chi connectivity index (χ1n) is 6.52. The molecule has 4 heteroatoms. The Kier molecular flexibility index (Phi) is 6.19. The molecule has 18 heavy (non-hydrogen) atoms. The molecule has 0 aliphatic carbocycles. The van der Waals surface area contributed by atoms with Crippen LogP contribution in [-0.2, 0) is 0 Å². The number of hydrogen-bond acceptors (Lipinski definition) is 4. The molecule has 0 aromatic rings. The third-order valence-corrected chi connectivity index (χ3v) is 2.69. The second-order valence-corrected chi connectivity index (χ2v) is 4.50. The second kappa shape index (κ2) is 7.69. The van der Waals surface area contributed by atoms with Crippen molar-refractivity contribution in [2.24, 2.45) is 9.98 Å². The molecule has 1 aliphatic rings. The van der Waals surface area contributed by atoms with Crippen molar-refractivity contribution in [2.75, 3.05) is 27.2 Å². The average Bonchev–Trinajstić information content (AvgIpc) is 2.60. The Hall–Kier alpha value is -1.58. The Balaban J connectivity index is 2.85. The lowest BCUT2D eigenvalue weighted by Crippen LogP contribution is -2.34. The average molecular weight is 248 g/mol. The maximum Gasteiger partial charge on any atom is 0.226 e. The van der Waals surface area contributed by atoms with Gasteiger partial charge >= 0.3 is 0 Å². The van der Waals surface area contributed by atoms with Crippen molar-refractivity contribution >= 4 is 11.8 Å². The van der Waals surface area contributed by atoms with Crippen molar-refractivity contribution in [3.63, 3.8) is 0 Å². The second-order valence-electron chi connectivity index (χ2n) is 4.50. The van der Waals surface area contributed by atoms with E-state index in [-0.39, 0.29) is 0 Å². The molecule has 0 unspecified atom stereocenters. The van der Waals surface area contributed by atoms with Crippen molar-refractivity contribution in [3.8, 4) is 0 Å². The van der Waals surface area contributed by atoms with Crippen LogP contribution in [0.5, 0.6) is 0 Å². The van der Waals surface area contributed by atoms with E-state index in [4.69, 9.17) is 0 Å². The van der Waals surface area contributed by atoms with Gasteiger partial charge in [0.2, 0.25) is 5.96 Å². The van der Waals surface area contributed by atoms with E-state index >= 15 is 0 Å². The maximum absolute atomic E-state index is 4.67. The van der Waals surface area contributed by atoms with Gasteiger partial charge in [-0.25, -0.2) is 4.99 Å². The predicted octanol–water partition coefficient (Wildman–Crippen LogP) is 2.51. The SMILES string of the molecule is C=CCCN(CCC)C1=NC(N(C)C)=NC=CC1. The van der Waals surface area contributed by atoms with Gasteiger partial charge in [0.15, 0.2) is 0 Å². The van der Waals surface area contributed by atoms with E-state index in [0.717, 1.165) is 44.1 Å². The van der Waals surface area contributed by atoms with Crippen LogP contribution in [0.3, 0.4) is 0 Å². The zero-order valence-corrected chi connectivity index (χ0v) is 11.8. The molecule has 0 saturated carbocycles. The number of guanidine groups is 1. The number of nitrogens with zero attached hydrogens (tertiary/aromatic N) is 4. The van der Waals surface area contributed by atoms with Gasteiger partial charge in [0, 0.05) is 39.8 Å². The molecule has 0 radical (unpaired) electrons. The van der Waals surface area contributed by atoms with Gasteiger partial charge in [-0.1, -0.05) is 19.1 Å². The lowest BCUT2D eigenvalue weighted by atomic mass is 10.2. The third kappa shape index (κ3) is 4.35. The summed E-state index contributed by atoms with van der Waals surface area (Å²) < 4.78 is 0. The topological polar surface area (TPSA) is 31.2 Å². The van der Waals surface area contributed by atoms with Gasteiger partial charge in [0.25, 0.3) is 0 Å². The van der Waals surface area contributed by atoms with Gasteiger partial charge in [0.1, 0.15) is 5.84 Å². The smallest absolute Gasteiger partial charge is 0.226 e. The van der Waals surface area contributed by atoms with Crippen LogP contribution in [0.15, 0.2) is 34.9 Å². The monoisotopic (exact) mass is 248 g/mol. The largest absolute Gasteiger partial charge is 0.359 e. The van der Waals surface area contributed by atoms with E-state index in [0.29, 0.717) is 0 Å². The van der Waals surface area contributed by atoms with E-state index in [1.807, 2.05) is 31.3 Å². The van der Waals surface area contributed by atoms with Gasteiger partial charge in [-0.2, -0.15) is 4.99 Å². The quantitative estimate of drug-likeness (QED) is 0.700. The van der Waals surface area contributed by atoms with Crippen LogP contribution in [-0.4, -0.2) is 48.8 Å². The van der Waals surface area contributed by atoms with Gasteiger partial charge in [-0.3, -0.25) is 0 Å². The first kappa shape index (κ1) is 14.5. The number of aliphatic imine (C=N–C) groups is 2. The lowest BCUT2D eigenvalue weighted by molar-refractivity contribution is 0.419. The fourth-order valence-electron chi connectivity index (χ4n) is 1.77. The summed E-state index contributed by atoms with van der Waals surface area (Å²) in [4.78, 5) is 13.3. The fourth-order valence-corrected chi connectivity index (χ4v) is 1.77. The Morgan fingerprint density at radius 1 is 1.39 bits per heavy atom. The first-order valence-corrected chi connectivity index (χ1v) is 6.52. The maximum atomic E-state index is 4.67. The zero-order valence-electron chi connectivity index (χ0n) is 11.8. The van der Waals surface area contributed by atoms with Crippen LogP contribution in [0, 0.1) is 0 Å². The van der Waals surface area contributed by atoms with Gasteiger partial charge in [-0.15, -0.1) is 6.58 Å². The van der Waals surface area contributed by atoms with Crippen molar-refractivity contribution in [2.45, 2.75) is 26.2 Å². The standard InChI is InChI=1S/C14H24N4/c1-5-7-12-18(11-6-2)13-9-8-10-15-14(16-13)17(3)4/h5,8,10H,1,6-7,9,11-12H2,2-4H3. The Morgan fingerprint density at radius 2 is 2.17 bits per heavy atom. The number of hydrogen-bond donors (Lipinski definition) is 0. The minimum atomic E-state index is 0.762. The summed E-state index contributed by atoms with van der Waals surface area (Å²) in [6.45, 7) is 7.98. The Labute approximate surface area is 110 Å². The van der Waals surface area contributed by atoms with E-state index in [2.05, 4.69) is 34.5 Å². The molecule has 0 N–H and O–H groups in total. The molecule has 0 spiro atoms. The van der Waals surface area contributed by atoms with Crippen LogP contribution in [0.25, 0.3) is 0 Å². The normalized spacial score (nSPS) is 14.6. The van der Waals surface area contributed by atoms with Crippen molar-refractivity contribution in [1.29, 1.82) is 0 Å². The van der Waals surface area contributed by atoms with E-state index < -0.39 is 0 Å². The van der Waals surface area contributed by atoms with Gasteiger partial charge < -0.3 is 9.80 Å². The number of rotatable bonds is 5. The van der Waals surface area contributed by atoms with Crippen LogP contribution in [0.4, 0.5) is 0 Å². The predicted molar refractivity (Wildman–Crippen MR) is 79.0 cm³/mol. The highest BCUT2D eigenvalue weighted by Gasteiger charge is 2.12. The Bertz CT molecular complexity index is 353. The highest BCUT2D eigenvalue weighted by Crippen LogP contribution is 2.07. The summed E-state index contributed by atoms with van der Waals surface area (Å²) in [5.41, 5.74) is 0. The van der Waals surface area contributed by atoms with Crippen molar-refractivity contribution < 1.29 is 0 Å².